The summed E-state index contributed by atoms with van der Waals surface area (Å²) in [7, 11) is 1.86. The molecule has 0 spiro atoms. The molecule has 1 aliphatic rings. The lowest BCUT2D eigenvalue weighted by Gasteiger charge is -2.32. The van der Waals surface area contributed by atoms with E-state index < -0.39 is 0 Å². The van der Waals surface area contributed by atoms with E-state index in [2.05, 4.69) is 20.2 Å². The molecule has 0 bridgehead atoms. The number of imidazole rings is 1. The second-order valence-electron chi connectivity index (χ2n) is 5.14. The smallest absolute Gasteiger partial charge is 0.180 e. The summed E-state index contributed by atoms with van der Waals surface area (Å²) < 4.78 is 7.59. The molecule has 1 aliphatic heterocycles. The molecule has 3 heterocycles. The zero-order chi connectivity index (χ0) is 14.7. The zero-order valence-corrected chi connectivity index (χ0v) is 12.2. The summed E-state index contributed by atoms with van der Waals surface area (Å²) in [4.78, 5) is 11.3. The molecule has 0 amide bonds. The van der Waals surface area contributed by atoms with Crippen LogP contribution in [0.2, 0.25) is 0 Å². The van der Waals surface area contributed by atoms with Crippen LogP contribution in [0.5, 0.6) is 0 Å². The Bertz CT molecular complexity index is 592. The zero-order valence-electron chi connectivity index (χ0n) is 12.2. The van der Waals surface area contributed by atoms with Crippen molar-refractivity contribution in [1.82, 2.24) is 14.4 Å². The van der Waals surface area contributed by atoms with Gasteiger partial charge in [0.25, 0.3) is 0 Å². The van der Waals surface area contributed by atoms with Gasteiger partial charge in [0, 0.05) is 32.5 Å². The monoisotopic (exact) mass is 291 g/mol. The Kier molecular flexibility index (Phi) is 4.21. The van der Waals surface area contributed by atoms with Crippen LogP contribution in [-0.2, 0) is 4.74 Å². The van der Waals surface area contributed by atoms with Crippen molar-refractivity contribution in [2.45, 2.75) is 18.9 Å². The van der Waals surface area contributed by atoms with Gasteiger partial charge in [-0.05, 0) is 12.8 Å². The normalized spacial score (nSPS) is 16.6. The number of aliphatic hydroxyl groups is 1. The average molecular weight is 291 g/mol. The van der Waals surface area contributed by atoms with Gasteiger partial charge in [-0.2, -0.15) is 0 Å². The topological polar surface area (TPSA) is 74.9 Å². The number of ether oxygens (including phenoxy) is 1. The summed E-state index contributed by atoms with van der Waals surface area (Å²) in [5.41, 5.74) is 0.878. The maximum absolute atomic E-state index is 8.82. The van der Waals surface area contributed by atoms with E-state index >= 15 is 0 Å². The minimum absolute atomic E-state index is 0.0840. The number of rotatable bonds is 5. The third-order valence-electron chi connectivity index (χ3n) is 3.80. The molecule has 7 heteroatoms. The molecule has 3 rings (SSSR count). The molecule has 0 aliphatic carbocycles. The molecule has 114 valence electrons. The van der Waals surface area contributed by atoms with E-state index in [1.807, 2.05) is 23.8 Å². The summed E-state index contributed by atoms with van der Waals surface area (Å²) in [5, 5.41) is 11.9. The number of hydrogen-bond donors (Lipinski definition) is 2. The lowest BCUT2D eigenvalue weighted by molar-refractivity contribution is 0.0158. The second-order valence-corrected chi connectivity index (χ2v) is 5.14. The molecule has 0 radical (unpaired) electrons. The lowest BCUT2D eigenvalue weighted by Crippen LogP contribution is -2.38. The molecule has 0 atom stereocenters. The van der Waals surface area contributed by atoms with Crippen LogP contribution >= 0.6 is 0 Å². The van der Waals surface area contributed by atoms with Crippen LogP contribution in [0.25, 0.3) is 5.65 Å². The number of aromatic nitrogens is 3. The molecule has 1 fully saturated rings. The van der Waals surface area contributed by atoms with Crippen LogP contribution in [0, 0.1) is 0 Å². The summed E-state index contributed by atoms with van der Waals surface area (Å²) in [6.45, 7) is 2.28. The number of nitrogens with zero attached hydrogens (tertiary/aromatic N) is 4. The molecular weight excluding hydrogens is 270 g/mol. The molecule has 2 aromatic heterocycles. The van der Waals surface area contributed by atoms with Crippen LogP contribution < -0.4 is 10.2 Å². The number of fused-ring (bicyclic) bond motifs is 1. The van der Waals surface area contributed by atoms with Gasteiger partial charge in [0.15, 0.2) is 11.5 Å². The third-order valence-corrected chi connectivity index (χ3v) is 3.80. The van der Waals surface area contributed by atoms with Gasteiger partial charge in [0.1, 0.15) is 5.82 Å². The molecular formula is C14H21N5O2. The number of hydrogen-bond acceptors (Lipinski definition) is 6. The van der Waals surface area contributed by atoms with Gasteiger partial charge in [-0.1, -0.05) is 0 Å². The fourth-order valence-corrected chi connectivity index (χ4v) is 2.70. The predicted octanol–water partition coefficient (Wildman–Crippen LogP) is 0.749. The third kappa shape index (κ3) is 2.93. The van der Waals surface area contributed by atoms with Gasteiger partial charge < -0.3 is 24.5 Å². The quantitative estimate of drug-likeness (QED) is 0.847. The van der Waals surface area contributed by atoms with E-state index in [1.54, 1.807) is 6.20 Å². The highest BCUT2D eigenvalue weighted by molar-refractivity contribution is 5.66. The van der Waals surface area contributed by atoms with Gasteiger partial charge in [-0.3, -0.25) is 0 Å². The lowest BCUT2D eigenvalue weighted by atomic mass is 10.1. The Balaban J connectivity index is 1.77. The molecule has 0 unspecified atom stereocenters. The molecule has 7 nitrogen and oxygen atoms in total. The largest absolute Gasteiger partial charge is 0.394 e. The fourth-order valence-electron chi connectivity index (χ4n) is 2.70. The van der Waals surface area contributed by atoms with Gasteiger partial charge in [-0.15, -0.1) is 0 Å². The van der Waals surface area contributed by atoms with Crippen molar-refractivity contribution in [2.75, 3.05) is 43.6 Å². The number of aliphatic hydroxyl groups excluding tert-OH is 1. The van der Waals surface area contributed by atoms with Crippen molar-refractivity contribution in [3.05, 3.63) is 18.6 Å². The highest BCUT2D eigenvalue weighted by Gasteiger charge is 2.23. The molecule has 1 saturated heterocycles. The number of piperidine rings is 1. The average Bonchev–Trinajstić information content (AvgIpc) is 3.01. The van der Waals surface area contributed by atoms with E-state index in [1.165, 1.54) is 0 Å². The van der Waals surface area contributed by atoms with Crippen LogP contribution in [0.15, 0.2) is 18.6 Å². The van der Waals surface area contributed by atoms with E-state index in [0.717, 1.165) is 43.2 Å². The minimum atomic E-state index is 0.0840. The van der Waals surface area contributed by atoms with Gasteiger partial charge in [0.2, 0.25) is 0 Å². The first-order chi connectivity index (χ1) is 10.3. The van der Waals surface area contributed by atoms with Gasteiger partial charge >= 0.3 is 0 Å². The van der Waals surface area contributed by atoms with Crippen molar-refractivity contribution in [2.24, 2.45) is 0 Å². The Labute approximate surface area is 123 Å². The predicted molar refractivity (Wildman–Crippen MR) is 80.8 cm³/mol. The number of anilines is 2. The minimum Gasteiger partial charge on any atom is -0.394 e. The Morgan fingerprint density at radius 3 is 2.95 bits per heavy atom. The van der Waals surface area contributed by atoms with Crippen molar-refractivity contribution in [3.63, 3.8) is 0 Å². The highest BCUT2D eigenvalue weighted by Crippen LogP contribution is 2.24. The van der Waals surface area contributed by atoms with Crippen molar-refractivity contribution in [1.29, 1.82) is 0 Å². The van der Waals surface area contributed by atoms with Crippen molar-refractivity contribution >= 4 is 17.3 Å². The Morgan fingerprint density at radius 2 is 2.24 bits per heavy atom. The maximum Gasteiger partial charge on any atom is 0.180 e. The first-order valence-electron chi connectivity index (χ1n) is 7.30. The van der Waals surface area contributed by atoms with Crippen molar-refractivity contribution < 1.29 is 9.84 Å². The SMILES string of the molecule is CNc1cn2ccnc2c(N2CCC(OCCO)CC2)n1. The van der Waals surface area contributed by atoms with E-state index in [4.69, 9.17) is 9.84 Å². The molecule has 0 saturated carbocycles. The van der Waals surface area contributed by atoms with E-state index in [-0.39, 0.29) is 12.7 Å². The van der Waals surface area contributed by atoms with Gasteiger partial charge in [-0.25, -0.2) is 9.97 Å². The maximum atomic E-state index is 8.82. The standard InChI is InChI=1S/C14H21N5O2/c1-15-12-10-19-7-4-16-13(19)14(17-12)18-5-2-11(3-6-18)21-9-8-20/h4,7,10-11,15,20H,2-3,5-6,8-9H2,1H3. The van der Waals surface area contributed by atoms with Gasteiger partial charge in [0.05, 0.1) is 25.5 Å². The first-order valence-corrected chi connectivity index (χ1v) is 7.30. The fraction of sp³-hybridized carbons (Fsp3) is 0.571. The molecule has 0 aromatic carbocycles. The van der Waals surface area contributed by atoms with Crippen LogP contribution in [0.3, 0.4) is 0 Å². The summed E-state index contributed by atoms with van der Waals surface area (Å²) >= 11 is 0. The molecule has 2 N–H and O–H groups in total. The summed E-state index contributed by atoms with van der Waals surface area (Å²) in [6, 6.07) is 0. The Morgan fingerprint density at radius 1 is 1.43 bits per heavy atom. The first kappa shape index (κ1) is 14.1. The van der Waals surface area contributed by atoms with E-state index in [9.17, 15) is 0 Å². The van der Waals surface area contributed by atoms with Crippen molar-refractivity contribution in [3.8, 4) is 0 Å². The molecule has 21 heavy (non-hydrogen) atoms. The van der Waals surface area contributed by atoms with Crippen LogP contribution in [0.1, 0.15) is 12.8 Å². The second kappa shape index (κ2) is 6.28. The summed E-state index contributed by atoms with van der Waals surface area (Å²) in [6.07, 6.45) is 7.77. The molecule has 2 aromatic rings. The number of nitrogens with one attached hydrogen (secondary N) is 1. The van der Waals surface area contributed by atoms with Crippen LogP contribution in [0.4, 0.5) is 11.6 Å². The van der Waals surface area contributed by atoms with Crippen LogP contribution in [-0.4, -0.2) is 58.9 Å². The highest BCUT2D eigenvalue weighted by atomic mass is 16.5. The van der Waals surface area contributed by atoms with E-state index in [0.29, 0.717) is 6.61 Å². The summed E-state index contributed by atoms with van der Waals surface area (Å²) in [5.74, 6) is 1.74. The Hall–Kier alpha value is -1.86.